The van der Waals surface area contributed by atoms with Crippen molar-refractivity contribution >= 4 is 44.7 Å². The Balaban J connectivity index is 1.70. The van der Waals surface area contributed by atoms with Crippen LogP contribution >= 0.6 is 22.9 Å². The molecule has 31 heavy (non-hydrogen) atoms. The topological polar surface area (TPSA) is 73.2 Å². The van der Waals surface area contributed by atoms with E-state index in [1.165, 1.54) is 24.8 Å². The number of amides is 1. The van der Waals surface area contributed by atoms with Crippen molar-refractivity contribution in [3.8, 4) is 5.75 Å². The number of benzene rings is 2. The number of nitrogens with zero attached hydrogens (tertiary/aromatic N) is 2. The molecular weight excluding hydrogens is 434 g/mol. The van der Waals surface area contributed by atoms with Gasteiger partial charge in [-0.3, -0.25) is 14.2 Å². The molecule has 2 aromatic carbocycles. The smallest absolute Gasteiger partial charge is 0.266 e. The molecule has 0 aliphatic heterocycles. The normalized spacial score (nSPS) is 11.0. The number of rotatable bonds is 5. The van der Waals surface area contributed by atoms with Crippen LogP contribution in [0.25, 0.3) is 10.2 Å². The van der Waals surface area contributed by atoms with Crippen molar-refractivity contribution < 1.29 is 9.53 Å². The highest BCUT2D eigenvalue weighted by Gasteiger charge is 2.21. The first-order valence-electron chi connectivity index (χ1n) is 9.57. The second-order valence-corrected chi connectivity index (χ2v) is 8.56. The van der Waals surface area contributed by atoms with E-state index in [0.29, 0.717) is 43.7 Å². The van der Waals surface area contributed by atoms with Gasteiger partial charge in [-0.05, 0) is 36.6 Å². The van der Waals surface area contributed by atoms with E-state index in [2.05, 4.69) is 10.3 Å². The molecule has 4 rings (SSSR count). The number of ether oxygens (including phenoxy) is 1. The van der Waals surface area contributed by atoms with Crippen LogP contribution in [0.2, 0.25) is 5.02 Å². The minimum Gasteiger partial charge on any atom is -0.495 e. The lowest BCUT2D eigenvalue weighted by molar-refractivity contribution is 0.102. The lowest BCUT2D eigenvalue weighted by atomic mass is 10.1. The van der Waals surface area contributed by atoms with Gasteiger partial charge >= 0.3 is 0 Å². The summed E-state index contributed by atoms with van der Waals surface area (Å²) >= 11 is 7.35. The molecule has 0 unspecified atom stereocenters. The monoisotopic (exact) mass is 453 g/mol. The fraction of sp³-hybridized carbons (Fsp3) is 0.174. The van der Waals surface area contributed by atoms with Gasteiger partial charge in [-0.2, -0.15) is 0 Å². The van der Waals surface area contributed by atoms with Crippen molar-refractivity contribution in [2.75, 3.05) is 12.4 Å². The lowest BCUT2D eigenvalue weighted by Crippen LogP contribution is -2.21. The highest BCUT2D eigenvalue weighted by atomic mass is 35.5. The Morgan fingerprint density at radius 1 is 1.23 bits per heavy atom. The van der Waals surface area contributed by atoms with Crippen LogP contribution in [0.4, 0.5) is 5.69 Å². The first kappa shape index (κ1) is 21.1. The first-order valence-corrected chi connectivity index (χ1v) is 10.8. The molecule has 0 fully saturated rings. The molecule has 0 bridgehead atoms. The van der Waals surface area contributed by atoms with E-state index >= 15 is 0 Å². The Labute approximate surface area is 188 Å². The van der Waals surface area contributed by atoms with Gasteiger partial charge in [0.1, 0.15) is 10.6 Å². The third kappa shape index (κ3) is 4.06. The summed E-state index contributed by atoms with van der Waals surface area (Å²) < 4.78 is 6.90. The number of methoxy groups -OCH3 is 1. The molecule has 0 saturated heterocycles. The van der Waals surface area contributed by atoms with Crippen molar-refractivity contribution in [2.24, 2.45) is 0 Å². The minimum atomic E-state index is -0.325. The summed E-state index contributed by atoms with van der Waals surface area (Å²) in [6.07, 6.45) is 1.53. The maximum absolute atomic E-state index is 13.1. The van der Waals surface area contributed by atoms with Crippen molar-refractivity contribution in [1.29, 1.82) is 0 Å². The number of fused-ring (bicyclic) bond motifs is 1. The van der Waals surface area contributed by atoms with E-state index in [-0.39, 0.29) is 11.5 Å². The van der Waals surface area contributed by atoms with Gasteiger partial charge < -0.3 is 10.1 Å². The third-order valence-corrected chi connectivity index (χ3v) is 6.65. The molecule has 0 atom stereocenters. The molecule has 158 valence electrons. The summed E-state index contributed by atoms with van der Waals surface area (Å²) in [6, 6.07) is 13.1. The van der Waals surface area contributed by atoms with Gasteiger partial charge in [-0.25, -0.2) is 4.98 Å². The van der Waals surface area contributed by atoms with Crippen LogP contribution in [0.15, 0.2) is 53.6 Å². The maximum Gasteiger partial charge on any atom is 0.266 e. The first-order chi connectivity index (χ1) is 14.9. The Morgan fingerprint density at radius 3 is 2.68 bits per heavy atom. The quantitative estimate of drug-likeness (QED) is 0.459. The van der Waals surface area contributed by atoms with E-state index in [1.807, 2.05) is 37.3 Å². The predicted octanol–water partition coefficient (Wildman–Crippen LogP) is 5.04. The number of thiophene rings is 1. The van der Waals surface area contributed by atoms with E-state index in [9.17, 15) is 9.59 Å². The van der Waals surface area contributed by atoms with Gasteiger partial charge in [0.2, 0.25) is 0 Å². The summed E-state index contributed by atoms with van der Waals surface area (Å²) in [5, 5.41) is 3.89. The van der Waals surface area contributed by atoms with Crippen LogP contribution in [0, 0.1) is 13.8 Å². The SMILES string of the molecule is COc1cc(Cl)c(C)cc1NC(=O)c1sc2ncn(Cc3ccccc3)c(=O)c2c1C. The third-order valence-electron chi connectivity index (χ3n) is 5.05. The van der Waals surface area contributed by atoms with Gasteiger partial charge in [0.15, 0.2) is 0 Å². The summed E-state index contributed by atoms with van der Waals surface area (Å²) in [5.74, 6) is 0.139. The van der Waals surface area contributed by atoms with Crippen molar-refractivity contribution in [1.82, 2.24) is 9.55 Å². The largest absolute Gasteiger partial charge is 0.495 e. The minimum absolute atomic E-state index is 0.165. The lowest BCUT2D eigenvalue weighted by Gasteiger charge is -2.12. The van der Waals surface area contributed by atoms with Crippen molar-refractivity contribution in [3.63, 3.8) is 0 Å². The average Bonchev–Trinajstić information content (AvgIpc) is 3.10. The highest BCUT2D eigenvalue weighted by Crippen LogP contribution is 2.33. The average molecular weight is 454 g/mol. The number of nitrogens with one attached hydrogen (secondary N) is 1. The van der Waals surface area contributed by atoms with Gasteiger partial charge in [-0.15, -0.1) is 11.3 Å². The Hall–Kier alpha value is -3.16. The molecule has 8 heteroatoms. The molecule has 4 aromatic rings. The van der Waals surface area contributed by atoms with E-state index in [0.717, 1.165) is 11.1 Å². The number of carbonyl (C=O) groups excluding carboxylic acids is 1. The number of anilines is 1. The van der Waals surface area contributed by atoms with Gasteiger partial charge in [-0.1, -0.05) is 41.9 Å². The summed E-state index contributed by atoms with van der Waals surface area (Å²) in [5.41, 5.74) is 2.78. The number of hydrogen-bond donors (Lipinski definition) is 1. The van der Waals surface area contributed by atoms with Crippen LogP contribution in [-0.4, -0.2) is 22.6 Å². The molecule has 0 spiro atoms. The molecule has 6 nitrogen and oxygen atoms in total. The zero-order chi connectivity index (χ0) is 22.1. The van der Waals surface area contributed by atoms with Crippen LogP contribution in [0.3, 0.4) is 0 Å². The number of aromatic nitrogens is 2. The number of aryl methyl sites for hydroxylation is 2. The second kappa shape index (κ2) is 8.53. The summed E-state index contributed by atoms with van der Waals surface area (Å²) in [4.78, 5) is 31.5. The van der Waals surface area contributed by atoms with E-state index < -0.39 is 0 Å². The Morgan fingerprint density at radius 2 is 1.97 bits per heavy atom. The van der Waals surface area contributed by atoms with Gasteiger partial charge in [0.05, 0.1) is 35.9 Å². The van der Waals surface area contributed by atoms with Gasteiger partial charge in [0.25, 0.3) is 11.5 Å². The molecule has 1 N–H and O–H groups in total. The van der Waals surface area contributed by atoms with Crippen LogP contribution in [0.5, 0.6) is 5.75 Å². The molecule has 0 radical (unpaired) electrons. The fourth-order valence-corrected chi connectivity index (χ4v) is 4.57. The Bertz CT molecular complexity index is 1350. The summed E-state index contributed by atoms with van der Waals surface area (Å²) in [6.45, 7) is 4.04. The molecule has 0 saturated carbocycles. The Kier molecular flexibility index (Phi) is 5.80. The van der Waals surface area contributed by atoms with Gasteiger partial charge in [0, 0.05) is 11.1 Å². The van der Waals surface area contributed by atoms with Crippen LogP contribution < -0.4 is 15.6 Å². The molecule has 0 aliphatic carbocycles. The zero-order valence-corrected chi connectivity index (χ0v) is 18.8. The molecule has 2 aromatic heterocycles. The van der Waals surface area contributed by atoms with Crippen molar-refractivity contribution in [3.05, 3.63) is 85.7 Å². The zero-order valence-electron chi connectivity index (χ0n) is 17.2. The molecular formula is C23H20ClN3O3S. The standard InChI is InChI=1S/C23H20ClN3O3S/c1-13-9-17(18(30-3)10-16(13)24)26-21(28)20-14(2)19-22(31-20)25-12-27(23(19)29)11-15-7-5-4-6-8-15/h4-10,12H,11H2,1-3H3,(H,26,28). The molecule has 0 aliphatic rings. The highest BCUT2D eigenvalue weighted by molar-refractivity contribution is 7.20. The number of carbonyl (C=O) groups is 1. The fourth-order valence-electron chi connectivity index (χ4n) is 3.38. The molecule has 2 heterocycles. The maximum atomic E-state index is 13.1. The number of hydrogen-bond acceptors (Lipinski definition) is 5. The van der Waals surface area contributed by atoms with Crippen LogP contribution in [-0.2, 0) is 6.54 Å². The van der Waals surface area contributed by atoms with Crippen molar-refractivity contribution in [2.45, 2.75) is 20.4 Å². The van der Waals surface area contributed by atoms with Crippen LogP contribution in [0.1, 0.15) is 26.4 Å². The number of halogens is 1. The predicted molar refractivity (Wildman–Crippen MR) is 125 cm³/mol. The van der Waals surface area contributed by atoms with E-state index in [1.54, 1.807) is 23.6 Å². The summed E-state index contributed by atoms with van der Waals surface area (Å²) in [7, 11) is 1.51. The van der Waals surface area contributed by atoms with E-state index in [4.69, 9.17) is 16.3 Å². The molecule has 1 amide bonds. The second-order valence-electron chi connectivity index (χ2n) is 7.16.